The average molecular weight is 438 g/mol. The standard InChI is InChI=1S/C28H39NO3/c1-21-7-6-10-22(17-21)8-2-4-11-25-26-19-23(18-24(26)20-27(25)30)9-3-5-12-28(31)29-13-15-32-16-14-29/h4,6-7,10-11,17-18,24-27,30H,2-3,5,8-9,12-16,19-20H2,1H3/t24-,25+,26-,27+/m0/s1. The van der Waals surface area contributed by atoms with Crippen LogP contribution in [-0.4, -0.2) is 48.3 Å². The molecule has 1 saturated heterocycles. The minimum absolute atomic E-state index is 0.204. The third kappa shape index (κ3) is 6.11. The number of aryl methyl sites for hydroxylation is 2. The number of benzene rings is 1. The van der Waals surface area contributed by atoms with Crippen molar-refractivity contribution in [3.8, 4) is 0 Å². The van der Waals surface area contributed by atoms with Crippen LogP contribution in [0.1, 0.15) is 56.1 Å². The quantitative estimate of drug-likeness (QED) is 0.444. The van der Waals surface area contributed by atoms with Gasteiger partial charge in [-0.15, -0.1) is 0 Å². The molecule has 0 unspecified atom stereocenters. The number of carbonyl (C=O) groups excluding carboxylic acids is 1. The summed E-state index contributed by atoms with van der Waals surface area (Å²) in [5, 5.41) is 10.6. The van der Waals surface area contributed by atoms with Crippen LogP contribution in [0.15, 0.2) is 48.1 Å². The number of rotatable bonds is 9. The number of morpholine rings is 1. The summed E-state index contributed by atoms with van der Waals surface area (Å²) in [7, 11) is 0. The predicted octanol–water partition coefficient (Wildman–Crippen LogP) is 4.85. The van der Waals surface area contributed by atoms with Gasteiger partial charge in [0.1, 0.15) is 0 Å². The van der Waals surface area contributed by atoms with Crippen LogP contribution in [0.4, 0.5) is 0 Å². The molecule has 0 bridgehead atoms. The first-order valence-electron chi connectivity index (χ1n) is 12.6. The molecule has 0 radical (unpaired) electrons. The number of allylic oxidation sites excluding steroid dienone is 3. The molecule has 4 atom stereocenters. The van der Waals surface area contributed by atoms with Crippen LogP contribution in [0.3, 0.4) is 0 Å². The number of hydrogen-bond donors (Lipinski definition) is 1. The Morgan fingerprint density at radius 1 is 1.22 bits per heavy atom. The monoisotopic (exact) mass is 437 g/mol. The van der Waals surface area contributed by atoms with E-state index in [2.05, 4.69) is 49.4 Å². The van der Waals surface area contributed by atoms with E-state index in [1.807, 2.05) is 4.90 Å². The Morgan fingerprint density at radius 3 is 2.88 bits per heavy atom. The molecule has 1 saturated carbocycles. The van der Waals surface area contributed by atoms with Crippen LogP contribution >= 0.6 is 0 Å². The topological polar surface area (TPSA) is 49.8 Å². The molecule has 1 N–H and O–H groups in total. The number of ether oxygens (including phenoxy) is 1. The number of aliphatic hydroxyl groups is 1. The number of unbranched alkanes of at least 4 members (excludes halogenated alkanes) is 1. The van der Waals surface area contributed by atoms with E-state index in [-0.39, 0.29) is 17.9 Å². The Morgan fingerprint density at radius 2 is 2.06 bits per heavy atom. The van der Waals surface area contributed by atoms with E-state index in [0.29, 0.717) is 31.5 Å². The Labute approximate surface area is 193 Å². The van der Waals surface area contributed by atoms with Gasteiger partial charge < -0.3 is 14.7 Å². The molecule has 1 aliphatic heterocycles. The lowest BCUT2D eigenvalue weighted by atomic mass is 9.88. The fourth-order valence-corrected chi connectivity index (χ4v) is 5.76. The molecule has 1 heterocycles. The van der Waals surface area contributed by atoms with Crippen LogP contribution < -0.4 is 0 Å². The zero-order valence-corrected chi connectivity index (χ0v) is 19.5. The zero-order chi connectivity index (χ0) is 22.3. The van der Waals surface area contributed by atoms with Gasteiger partial charge in [0.05, 0.1) is 19.3 Å². The molecule has 0 spiro atoms. The van der Waals surface area contributed by atoms with Crippen LogP contribution in [0.25, 0.3) is 0 Å². The highest BCUT2D eigenvalue weighted by atomic mass is 16.5. The largest absolute Gasteiger partial charge is 0.392 e. The van der Waals surface area contributed by atoms with Gasteiger partial charge in [0.15, 0.2) is 0 Å². The van der Waals surface area contributed by atoms with Crippen molar-refractivity contribution >= 4 is 5.91 Å². The zero-order valence-electron chi connectivity index (χ0n) is 19.5. The molecule has 1 aromatic carbocycles. The van der Waals surface area contributed by atoms with E-state index < -0.39 is 0 Å². The van der Waals surface area contributed by atoms with Crippen molar-refractivity contribution in [2.24, 2.45) is 17.8 Å². The lowest BCUT2D eigenvalue weighted by molar-refractivity contribution is -0.135. The van der Waals surface area contributed by atoms with Crippen molar-refractivity contribution in [3.63, 3.8) is 0 Å². The molecule has 3 aliphatic rings. The van der Waals surface area contributed by atoms with Crippen molar-refractivity contribution in [1.82, 2.24) is 4.90 Å². The van der Waals surface area contributed by atoms with Gasteiger partial charge >= 0.3 is 0 Å². The van der Waals surface area contributed by atoms with Crippen molar-refractivity contribution < 1.29 is 14.6 Å². The second kappa shape index (κ2) is 11.3. The molecule has 4 rings (SSSR count). The summed E-state index contributed by atoms with van der Waals surface area (Å²) in [5.74, 6) is 1.66. The summed E-state index contributed by atoms with van der Waals surface area (Å²) in [4.78, 5) is 14.2. The fraction of sp³-hybridized carbons (Fsp3) is 0.607. The molecule has 1 aromatic rings. The summed E-state index contributed by atoms with van der Waals surface area (Å²) < 4.78 is 5.33. The SMILES string of the molecule is Cc1cccc(CCC=C[C@@H]2[C@H]3CC(CCCCC(=O)N4CCOCC4)=C[C@H]3C[C@H]2O)c1. The summed E-state index contributed by atoms with van der Waals surface area (Å²) >= 11 is 0. The molecule has 32 heavy (non-hydrogen) atoms. The normalized spacial score (nSPS) is 27.7. The van der Waals surface area contributed by atoms with Gasteiger partial charge in [-0.25, -0.2) is 0 Å². The van der Waals surface area contributed by atoms with Crippen molar-refractivity contribution in [3.05, 3.63) is 59.2 Å². The molecule has 1 amide bonds. The van der Waals surface area contributed by atoms with Gasteiger partial charge in [-0.2, -0.15) is 0 Å². The third-order valence-corrected chi connectivity index (χ3v) is 7.49. The maximum Gasteiger partial charge on any atom is 0.222 e. The minimum Gasteiger partial charge on any atom is -0.392 e. The van der Waals surface area contributed by atoms with Gasteiger partial charge in [0, 0.05) is 25.4 Å². The van der Waals surface area contributed by atoms with E-state index in [9.17, 15) is 9.90 Å². The summed E-state index contributed by atoms with van der Waals surface area (Å²) in [6.07, 6.45) is 14.7. The second-order valence-corrected chi connectivity index (χ2v) is 9.89. The van der Waals surface area contributed by atoms with E-state index >= 15 is 0 Å². The molecular weight excluding hydrogens is 398 g/mol. The summed E-state index contributed by atoms with van der Waals surface area (Å²) in [6, 6.07) is 8.73. The van der Waals surface area contributed by atoms with E-state index in [1.54, 1.807) is 5.57 Å². The number of aliphatic hydroxyl groups excluding tert-OH is 1. The van der Waals surface area contributed by atoms with Gasteiger partial charge in [-0.05, 0) is 69.3 Å². The predicted molar refractivity (Wildman–Crippen MR) is 128 cm³/mol. The molecule has 4 heteroatoms. The molecule has 2 fully saturated rings. The summed E-state index contributed by atoms with van der Waals surface area (Å²) in [6.45, 7) is 4.98. The second-order valence-electron chi connectivity index (χ2n) is 9.89. The first-order valence-corrected chi connectivity index (χ1v) is 12.6. The Bertz CT molecular complexity index is 824. The Kier molecular flexibility index (Phi) is 8.20. The first kappa shape index (κ1) is 23.3. The smallest absolute Gasteiger partial charge is 0.222 e. The average Bonchev–Trinajstić information content (AvgIpc) is 3.31. The van der Waals surface area contributed by atoms with Crippen LogP contribution in [0.5, 0.6) is 0 Å². The lowest BCUT2D eigenvalue weighted by Crippen LogP contribution is -2.40. The maximum atomic E-state index is 12.3. The highest BCUT2D eigenvalue weighted by Gasteiger charge is 2.43. The van der Waals surface area contributed by atoms with Crippen LogP contribution in [0, 0.1) is 24.7 Å². The van der Waals surface area contributed by atoms with Crippen molar-refractivity contribution in [2.75, 3.05) is 26.3 Å². The Hall–Kier alpha value is -1.91. The van der Waals surface area contributed by atoms with Gasteiger partial charge in [-0.1, -0.05) is 53.6 Å². The van der Waals surface area contributed by atoms with E-state index in [4.69, 9.17) is 4.74 Å². The number of carbonyl (C=O) groups is 1. The molecule has 0 aromatic heterocycles. The van der Waals surface area contributed by atoms with Crippen molar-refractivity contribution in [1.29, 1.82) is 0 Å². The number of nitrogens with zero attached hydrogens (tertiary/aromatic N) is 1. The number of fused-ring (bicyclic) bond motifs is 1. The van der Waals surface area contributed by atoms with Gasteiger partial charge in [0.25, 0.3) is 0 Å². The highest BCUT2D eigenvalue weighted by molar-refractivity contribution is 5.76. The molecule has 4 nitrogen and oxygen atoms in total. The van der Waals surface area contributed by atoms with Gasteiger partial charge in [-0.3, -0.25) is 4.79 Å². The first-order chi connectivity index (χ1) is 15.6. The molecular formula is C28H39NO3. The summed E-state index contributed by atoms with van der Waals surface area (Å²) in [5.41, 5.74) is 4.25. The number of hydrogen-bond acceptors (Lipinski definition) is 3. The Balaban J connectivity index is 1.17. The third-order valence-electron chi connectivity index (χ3n) is 7.49. The molecule has 174 valence electrons. The lowest BCUT2D eigenvalue weighted by Gasteiger charge is -2.26. The fourth-order valence-electron chi connectivity index (χ4n) is 5.76. The van der Waals surface area contributed by atoms with E-state index in [1.165, 1.54) is 11.1 Å². The molecule has 2 aliphatic carbocycles. The number of amides is 1. The van der Waals surface area contributed by atoms with Crippen molar-refractivity contribution in [2.45, 2.75) is 64.4 Å². The maximum absolute atomic E-state index is 12.3. The van der Waals surface area contributed by atoms with Crippen LogP contribution in [-0.2, 0) is 16.0 Å². The highest BCUT2D eigenvalue weighted by Crippen LogP contribution is 2.48. The van der Waals surface area contributed by atoms with Gasteiger partial charge in [0.2, 0.25) is 5.91 Å². The minimum atomic E-state index is -0.204. The van der Waals surface area contributed by atoms with Crippen LogP contribution in [0.2, 0.25) is 0 Å². The van der Waals surface area contributed by atoms with E-state index in [0.717, 1.165) is 58.0 Å².